The number of ketones is 1. The SMILES string of the molecule is COc1c(Cl)cc(C)cc1/C(O)=C1\C(=O)C(=O)N(C2CCCC2)C1c1cccc(C)c1. The summed E-state index contributed by atoms with van der Waals surface area (Å²) >= 11 is 6.34. The Morgan fingerprint density at radius 3 is 2.45 bits per heavy atom. The zero-order valence-electron chi connectivity index (χ0n) is 17.9. The average molecular weight is 440 g/mol. The third-order valence-electron chi connectivity index (χ3n) is 6.20. The van der Waals surface area contributed by atoms with Gasteiger partial charge in [0.1, 0.15) is 11.5 Å². The van der Waals surface area contributed by atoms with Crippen LogP contribution in [0.5, 0.6) is 5.75 Å². The zero-order valence-corrected chi connectivity index (χ0v) is 18.7. The van der Waals surface area contributed by atoms with E-state index < -0.39 is 17.7 Å². The molecule has 1 saturated heterocycles. The number of methoxy groups -OCH3 is 1. The number of benzene rings is 2. The van der Waals surface area contributed by atoms with Gasteiger partial charge in [0.25, 0.3) is 11.7 Å². The molecule has 0 aromatic heterocycles. The number of carbonyl (C=O) groups excluding carboxylic acids is 2. The zero-order chi connectivity index (χ0) is 22.3. The van der Waals surface area contributed by atoms with Crippen molar-refractivity contribution in [2.24, 2.45) is 0 Å². The van der Waals surface area contributed by atoms with Crippen LogP contribution in [0.3, 0.4) is 0 Å². The van der Waals surface area contributed by atoms with Gasteiger partial charge in [0.2, 0.25) is 0 Å². The molecule has 0 radical (unpaired) electrons. The summed E-state index contributed by atoms with van der Waals surface area (Å²) in [5, 5.41) is 11.7. The molecule has 0 bridgehead atoms. The maximum atomic E-state index is 13.2. The Kier molecular flexibility index (Phi) is 5.80. The van der Waals surface area contributed by atoms with Gasteiger partial charge in [-0.05, 0) is 49.9 Å². The number of hydrogen-bond acceptors (Lipinski definition) is 4. The molecule has 2 aromatic carbocycles. The van der Waals surface area contributed by atoms with Crippen LogP contribution < -0.4 is 4.74 Å². The predicted molar refractivity (Wildman–Crippen MR) is 120 cm³/mol. The van der Waals surface area contributed by atoms with Crippen molar-refractivity contribution in [3.63, 3.8) is 0 Å². The molecule has 1 atom stereocenters. The van der Waals surface area contributed by atoms with Crippen LogP contribution in [0, 0.1) is 13.8 Å². The van der Waals surface area contributed by atoms with Crippen LogP contribution in [-0.4, -0.2) is 34.8 Å². The van der Waals surface area contributed by atoms with Crippen molar-refractivity contribution in [3.05, 3.63) is 69.2 Å². The maximum Gasteiger partial charge on any atom is 0.295 e. The van der Waals surface area contributed by atoms with Gasteiger partial charge in [0.15, 0.2) is 0 Å². The highest BCUT2D eigenvalue weighted by atomic mass is 35.5. The van der Waals surface area contributed by atoms with Crippen molar-refractivity contribution in [1.29, 1.82) is 0 Å². The topological polar surface area (TPSA) is 66.8 Å². The highest BCUT2D eigenvalue weighted by Gasteiger charge is 2.49. The first kappa shape index (κ1) is 21.4. The summed E-state index contributed by atoms with van der Waals surface area (Å²) in [5.41, 5.74) is 3.04. The monoisotopic (exact) mass is 439 g/mol. The Balaban J connectivity index is 1.96. The van der Waals surface area contributed by atoms with Crippen molar-refractivity contribution < 1.29 is 19.4 Å². The molecule has 2 aromatic rings. The average Bonchev–Trinajstić information content (AvgIpc) is 3.34. The number of aryl methyl sites for hydroxylation is 2. The molecule has 2 aliphatic rings. The number of nitrogens with zero attached hydrogens (tertiary/aromatic N) is 1. The fourth-order valence-corrected chi connectivity index (χ4v) is 5.19. The normalized spacial score (nSPS) is 21.2. The Morgan fingerprint density at radius 1 is 1.10 bits per heavy atom. The molecule has 5 nitrogen and oxygen atoms in total. The van der Waals surface area contributed by atoms with Crippen LogP contribution in [-0.2, 0) is 9.59 Å². The second-order valence-corrected chi connectivity index (χ2v) is 8.79. The lowest BCUT2D eigenvalue weighted by Crippen LogP contribution is -2.37. The van der Waals surface area contributed by atoms with Gasteiger partial charge in [-0.1, -0.05) is 54.3 Å². The summed E-state index contributed by atoms with van der Waals surface area (Å²) in [6, 6.07) is 10.5. The summed E-state index contributed by atoms with van der Waals surface area (Å²) < 4.78 is 5.42. The van der Waals surface area contributed by atoms with Gasteiger partial charge in [-0.2, -0.15) is 0 Å². The first-order chi connectivity index (χ1) is 14.8. The Hall–Kier alpha value is -2.79. The summed E-state index contributed by atoms with van der Waals surface area (Å²) in [4.78, 5) is 28.1. The van der Waals surface area contributed by atoms with Gasteiger partial charge >= 0.3 is 0 Å². The highest BCUT2D eigenvalue weighted by Crippen LogP contribution is 2.45. The number of ether oxygens (including phenoxy) is 1. The number of carbonyl (C=O) groups is 2. The molecule has 1 amide bonds. The number of aliphatic hydroxyl groups is 1. The molecule has 1 saturated carbocycles. The van der Waals surface area contributed by atoms with E-state index in [1.165, 1.54) is 7.11 Å². The standard InChI is InChI=1S/C25H26ClNO4/c1-14-7-6-8-16(11-14)21-20(23(29)25(30)27(21)17-9-4-5-10-17)22(28)18-12-15(2)13-19(26)24(18)31-3/h6-8,11-13,17,21,28H,4-5,9-10H2,1-3H3/b22-20+. The first-order valence-electron chi connectivity index (χ1n) is 10.5. The first-order valence-corrected chi connectivity index (χ1v) is 10.9. The van der Waals surface area contributed by atoms with Crippen LogP contribution >= 0.6 is 11.6 Å². The predicted octanol–water partition coefficient (Wildman–Crippen LogP) is 5.33. The smallest absolute Gasteiger partial charge is 0.295 e. The number of likely N-dealkylation sites (tertiary alicyclic amines) is 1. The van der Waals surface area contributed by atoms with Crippen LogP contribution in [0.4, 0.5) is 0 Å². The summed E-state index contributed by atoms with van der Waals surface area (Å²) in [6.07, 6.45) is 3.76. The van der Waals surface area contributed by atoms with Gasteiger partial charge < -0.3 is 14.7 Å². The van der Waals surface area contributed by atoms with Crippen LogP contribution in [0.1, 0.15) is 54.0 Å². The van der Waals surface area contributed by atoms with Gasteiger partial charge in [-0.3, -0.25) is 9.59 Å². The van der Waals surface area contributed by atoms with E-state index in [0.29, 0.717) is 10.6 Å². The lowest BCUT2D eigenvalue weighted by Gasteiger charge is -2.31. The number of Topliss-reactive ketones (excluding diaryl/α,β-unsaturated/α-hetero) is 1. The van der Waals surface area contributed by atoms with E-state index in [4.69, 9.17) is 16.3 Å². The van der Waals surface area contributed by atoms with E-state index in [-0.39, 0.29) is 23.1 Å². The summed E-state index contributed by atoms with van der Waals surface area (Å²) in [5.74, 6) is -1.21. The number of hydrogen-bond donors (Lipinski definition) is 1. The number of amides is 1. The molecule has 1 aliphatic heterocycles. The maximum absolute atomic E-state index is 13.2. The minimum Gasteiger partial charge on any atom is -0.507 e. The summed E-state index contributed by atoms with van der Waals surface area (Å²) in [7, 11) is 1.46. The van der Waals surface area contributed by atoms with Crippen molar-refractivity contribution in [1.82, 2.24) is 4.90 Å². The van der Waals surface area contributed by atoms with E-state index in [1.807, 2.05) is 38.1 Å². The lowest BCUT2D eigenvalue weighted by molar-refractivity contribution is -0.141. The van der Waals surface area contributed by atoms with Crippen LogP contribution in [0.2, 0.25) is 5.02 Å². The third kappa shape index (κ3) is 3.72. The molecular weight excluding hydrogens is 414 g/mol. The largest absolute Gasteiger partial charge is 0.507 e. The number of rotatable bonds is 4. The van der Waals surface area contributed by atoms with Gasteiger partial charge in [-0.25, -0.2) is 0 Å². The molecule has 162 valence electrons. The molecular formula is C25H26ClNO4. The highest BCUT2D eigenvalue weighted by molar-refractivity contribution is 6.46. The molecule has 1 aliphatic carbocycles. The van der Waals surface area contributed by atoms with Crippen molar-refractivity contribution in [3.8, 4) is 5.75 Å². The molecule has 1 heterocycles. The number of halogens is 1. The Bertz CT molecular complexity index is 1080. The minimum atomic E-state index is -0.671. The second-order valence-electron chi connectivity index (χ2n) is 8.39. The van der Waals surface area contributed by atoms with Gasteiger partial charge in [-0.15, -0.1) is 0 Å². The quantitative estimate of drug-likeness (QED) is 0.397. The minimum absolute atomic E-state index is 0.0183. The molecule has 6 heteroatoms. The molecule has 1 N–H and O–H groups in total. The van der Waals surface area contributed by atoms with E-state index in [0.717, 1.165) is 42.4 Å². The van der Waals surface area contributed by atoms with Gasteiger partial charge in [0.05, 0.1) is 29.3 Å². The third-order valence-corrected chi connectivity index (χ3v) is 6.48. The van der Waals surface area contributed by atoms with Crippen molar-refractivity contribution in [2.75, 3.05) is 7.11 Å². The number of aliphatic hydroxyl groups excluding tert-OH is 1. The van der Waals surface area contributed by atoms with E-state index in [2.05, 4.69) is 0 Å². The van der Waals surface area contributed by atoms with Crippen LogP contribution in [0.15, 0.2) is 42.0 Å². The van der Waals surface area contributed by atoms with Crippen molar-refractivity contribution >= 4 is 29.1 Å². The molecule has 2 fully saturated rings. The molecule has 1 unspecified atom stereocenters. The fraction of sp³-hybridized carbons (Fsp3) is 0.360. The Labute approximate surface area is 187 Å². The molecule has 4 rings (SSSR count). The molecule has 0 spiro atoms. The van der Waals surface area contributed by atoms with E-state index >= 15 is 0 Å². The van der Waals surface area contributed by atoms with Crippen LogP contribution in [0.25, 0.3) is 5.76 Å². The second kappa shape index (κ2) is 8.39. The van der Waals surface area contributed by atoms with E-state index in [9.17, 15) is 14.7 Å². The van der Waals surface area contributed by atoms with Crippen molar-refractivity contribution in [2.45, 2.75) is 51.6 Å². The fourth-order valence-electron chi connectivity index (χ4n) is 4.83. The Morgan fingerprint density at radius 2 is 1.81 bits per heavy atom. The lowest BCUT2D eigenvalue weighted by atomic mass is 9.93. The molecule has 31 heavy (non-hydrogen) atoms. The van der Waals surface area contributed by atoms with E-state index in [1.54, 1.807) is 17.0 Å². The summed E-state index contributed by atoms with van der Waals surface area (Å²) in [6.45, 7) is 3.81. The van der Waals surface area contributed by atoms with Gasteiger partial charge in [0, 0.05) is 6.04 Å².